The van der Waals surface area contributed by atoms with Gasteiger partial charge in [-0.2, -0.15) is 5.48 Å². The lowest BCUT2D eigenvalue weighted by Crippen LogP contribution is -2.40. The molecule has 0 aromatic heterocycles. The summed E-state index contributed by atoms with van der Waals surface area (Å²) in [5.41, 5.74) is 5.30. The normalized spacial score (nSPS) is 17.0. The second-order valence-corrected chi connectivity index (χ2v) is 11.3. The third kappa shape index (κ3) is 7.02. The van der Waals surface area contributed by atoms with E-state index >= 15 is 0 Å². The molecule has 2 aliphatic rings. The first-order valence-electron chi connectivity index (χ1n) is 14.2. The van der Waals surface area contributed by atoms with Gasteiger partial charge >= 0.3 is 6.47 Å². The number of guanidine groups is 1. The van der Waals surface area contributed by atoms with Crippen LogP contribution in [0.5, 0.6) is 0 Å². The molecule has 10 nitrogen and oxygen atoms in total. The van der Waals surface area contributed by atoms with Crippen molar-refractivity contribution >= 4 is 35.2 Å². The molecule has 2 aromatic carbocycles. The van der Waals surface area contributed by atoms with E-state index in [4.69, 9.17) is 9.73 Å². The second-order valence-electron chi connectivity index (χ2n) is 10.1. The zero-order valence-corrected chi connectivity index (χ0v) is 24.8. The predicted molar refractivity (Wildman–Crippen MR) is 159 cm³/mol. The largest absolute Gasteiger partial charge is 0.377 e. The minimum absolute atomic E-state index is 0.0472. The summed E-state index contributed by atoms with van der Waals surface area (Å²) in [5, 5.41) is 0. The Morgan fingerprint density at radius 1 is 1.17 bits per heavy atom. The molecule has 0 saturated heterocycles. The van der Waals surface area contributed by atoms with Gasteiger partial charge in [0, 0.05) is 20.1 Å². The van der Waals surface area contributed by atoms with Crippen LogP contribution in [0.15, 0.2) is 57.3 Å². The van der Waals surface area contributed by atoms with Crippen molar-refractivity contribution in [2.45, 2.75) is 82.4 Å². The van der Waals surface area contributed by atoms with E-state index in [1.807, 2.05) is 42.2 Å². The lowest BCUT2D eigenvalue weighted by molar-refractivity contribution is -0.132. The van der Waals surface area contributed by atoms with Gasteiger partial charge in [-0.3, -0.25) is 29.2 Å². The second kappa shape index (κ2) is 14.4. The van der Waals surface area contributed by atoms with Crippen LogP contribution in [0.25, 0.3) is 11.1 Å². The summed E-state index contributed by atoms with van der Waals surface area (Å²) in [4.78, 5) is 40.1. The monoisotopic (exact) mass is 581 g/mol. The van der Waals surface area contributed by atoms with Gasteiger partial charge in [0.1, 0.15) is 11.4 Å². The van der Waals surface area contributed by atoms with Crippen molar-refractivity contribution < 1.29 is 23.4 Å². The first-order valence-corrected chi connectivity index (χ1v) is 15.3. The van der Waals surface area contributed by atoms with Gasteiger partial charge in [0.05, 0.1) is 18.0 Å². The number of aliphatic imine (C=N–C) groups is 2. The number of amidine groups is 1. The van der Waals surface area contributed by atoms with Crippen molar-refractivity contribution in [2.75, 3.05) is 13.7 Å². The molecule has 41 heavy (non-hydrogen) atoms. The van der Waals surface area contributed by atoms with E-state index in [2.05, 4.69) is 33.0 Å². The van der Waals surface area contributed by atoms with E-state index in [0.29, 0.717) is 24.7 Å². The van der Waals surface area contributed by atoms with Crippen LogP contribution in [-0.4, -0.2) is 52.5 Å². The van der Waals surface area contributed by atoms with E-state index in [0.717, 1.165) is 73.0 Å². The topological polar surface area (TPSA) is 122 Å². The molecular formula is C30H39N5O5S. The summed E-state index contributed by atoms with van der Waals surface area (Å²) < 4.78 is 21.9. The number of unbranched alkanes of at least 4 members (excludes halogenated alkanes) is 1. The highest BCUT2D eigenvalue weighted by Crippen LogP contribution is 2.40. The molecule has 11 heteroatoms. The van der Waals surface area contributed by atoms with E-state index in [-0.39, 0.29) is 18.3 Å². The fourth-order valence-electron chi connectivity index (χ4n) is 5.41. The number of hydrogen-bond acceptors (Lipinski definition) is 7. The number of carbonyl (C=O) groups is 2. The van der Waals surface area contributed by atoms with E-state index in [9.17, 15) is 13.8 Å². The minimum Gasteiger partial charge on any atom is -0.377 e. The molecule has 1 fully saturated rings. The van der Waals surface area contributed by atoms with Crippen LogP contribution >= 0.6 is 0 Å². The van der Waals surface area contributed by atoms with Crippen molar-refractivity contribution in [1.82, 2.24) is 15.1 Å². The van der Waals surface area contributed by atoms with Crippen molar-refractivity contribution in [3.05, 3.63) is 53.6 Å². The standard InChI is InChI=1S/C30H39N5O5S/c1-4-6-13-27-32-30(16-9-10-17-30)28(37)35(27)19-22-14-15-24(23(18-22)20-39-5-2)25-11-7-8-12-26(25)41(38)34-29(31-3)33-40-21-36/h7-8,11-12,14-15,18,21H,4-6,9-10,13,16-17,19-20H2,1-3H3,(H2,31,33,34). The number of hydrogen-bond donors (Lipinski definition) is 2. The van der Waals surface area contributed by atoms with Crippen molar-refractivity contribution in [1.29, 1.82) is 0 Å². The average molecular weight is 582 g/mol. The van der Waals surface area contributed by atoms with E-state index in [1.165, 1.54) is 7.05 Å². The summed E-state index contributed by atoms with van der Waals surface area (Å²) in [6.07, 6.45) is 6.58. The number of ether oxygens (including phenoxy) is 1. The van der Waals surface area contributed by atoms with E-state index < -0.39 is 16.5 Å². The molecule has 1 aliphatic heterocycles. The van der Waals surface area contributed by atoms with Crippen LogP contribution in [0, 0.1) is 0 Å². The van der Waals surface area contributed by atoms with Gasteiger partial charge < -0.3 is 9.57 Å². The predicted octanol–water partition coefficient (Wildman–Crippen LogP) is 4.41. The van der Waals surface area contributed by atoms with Crippen LogP contribution in [0.4, 0.5) is 0 Å². The maximum atomic E-state index is 13.7. The van der Waals surface area contributed by atoms with Crippen LogP contribution in [-0.2, 0) is 43.3 Å². The fourth-order valence-corrected chi connectivity index (χ4v) is 6.40. The average Bonchev–Trinajstić information content (AvgIpc) is 3.57. The maximum Gasteiger partial charge on any atom is 0.320 e. The Bertz CT molecular complexity index is 1320. The molecule has 1 spiro atoms. The highest BCUT2D eigenvalue weighted by Gasteiger charge is 2.49. The third-order valence-corrected chi connectivity index (χ3v) is 8.58. The first kappa shape index (κ1) is 30.4. The summed E-state index contributed by atoms with van der Waals surface area (Å²) in [6, 6.07) is 13.4. The number of nitrogens with one attached hydrogen (secondary N) is 2. The van der Waals surface area contributed by atoms with Gasteiger partial charge in [-0.05, 0) is 54.5 Å². The Morgan fingerprint density at radius 2 is 1.95 bits per heavy atom. The molecule has 1 unspecified atom stereocenters. The number of carbonyl (C=O) groups excluding carboxylic acids is 2. The van der Waals surface area contributed by atoms with Gasteiger partial charge in [0.15, 0.2) is 11.0 Å². The molecule has 1 atom stereocenters. The molecule has 1 amide bonds. The van der Waals surface area contributed by atoms with Gasteiger partial charge in [0.2, 0.25) is 5.96 Å². The maximum absolute atomic E-state index is 13.7. The Hall–Kier alpha value is -3.57. The van der Waals surface area contributed by atoms with Crippen LogP contribution < -0.4 is 10.2 Å². The Kier molecular flexibility index (Phi) is 10.6. The van der Waals surface area contributed by atoms with Gasteiger partial charge in [-0.1, -0.05) is 62.6 Å². The van der Waals surface area contributed by atoms with Gasteiger partial charge in [0.25, 0.3) is 5.91 Å². The van der Waals surface area contributed by atoms with Gasteiger partial charge in [-0.25, -0.2) is 4.21 Å². The van der Waals surface area contributed by atoms with Crippen LogP contribution in [0.1, 0.15) is 69.9 Å². The van der Waals surface area contributed by atoms with Crippen molar-refractivity contribution in [2.24, 2.45) is 9.98 Å². The lowest BCUT2D eigenvalue weighted by Gasteiger charge is -2.23. The molecule has 220 valence electrons. The number of hydroxylamine groups is 1. The third-order valence-electron chi connectivity index (χ3n) is 7.45. The summed E-state index contributed by atoms with van der Waals surface area (Å²) in [6.45, 7) is 5.66. The van der Waals surface area contributed by atoms with E-state index in [1.54, 1.807) is 6.07 Å². The first-order chi connectivity index (χ1) is 20.0. The molecule has 0 bridgehead atoms. The molecule has 1 saturated carbocycles. The Labute approximate surface area is 244 Å². The highest BCUT2D eigenvalue weighted by atomic mass is 32.2. The molecule has 2 aromatic rings. The molecule has 1 heterocycles. The van der Waals surface area contributed by atoms with Crippen LogP contribution in [0.3, 0.4) is 0 Å². The minimum atomic E-state index is -1.72. The fraction of sp³-hybridized carbons (Fsp3) is 0.467. The zero-order valence-electron chi connectivity index (χ0n) is 24.0. The summed E-state index contributed by atoms with van der Waals surface area (Å²) in [7, 11) is -0.243. The smallest absolute Gasteiger partial charge is 0.320 e. The number of benzene rings is 2. The summed E-state index contributed by atoms with van der Waals surface area (Å²) in [5.74, 6) is 1.08. The Balaban J connectivity index is 1.64. The summed E-state index contributed by atoms with van der Waals surface area (Å²) >= 11 is 0. The number of amides is 1. The van der Waals surface area contributed by atoms with Crippen molar-refractivity contribution in [3.8, 4) is 11.1 Å². The molecule has 1 aliphatic carbocycles. The van der Waals surface area contributed by atoms with Gasteiger partial charge in [-0.15, -0.1) is 0 Å². The number of nitrogens with zero attached hydrogens (tertiary/aromatic N) is 3. The molecule has 0 radical (unpaired) electrons. The molecular weight excluding hydrogens is 542 g/mol. The number of rotatable bonds is 13. The Morgan fingerprint density at radius 3 is 2.66 bits per heavy atom. The zero-order chi connectivity index (χ0) is 29.2. The molecule has 4 rings (SSSR count). The van der Waals surface area contributed by atoms with Crippen molar-refractivity contribution in [3.63, 3.8) is 0 Å². The SMILES string of the molecule is CCCCC1=NC2(CCCC2)C(=O)N1Cc1ccc(-c2ccccc2S(=O)NC(=NC)NOC=O)c(COCC)c1. The quantitative estimate of drug-likeness (QED) is 0.156. The highest BCUT2D eigenvalue weighted by molar-refractivity contribution is 7.83. The molecule has 2 N–H and O–H groups in total. The van der Waals surface area contributed by atoms with Crippen LogP contribution in [0.2, 0.25) is 0 Å². The lowest BCUT2D eigenvalue weighted by atomic mass is 9.96.